The summed E-state index contributed by atoms with van der Waals surface area (Å²) in [5.41, 5.74) is 3.79. The Morgan fingerprint density at radius 3 is 2.68 bits per heavy atom. The number of esters is 1. The maximum Gasteiger partial charge on any atom is 0.348 e. The minimum atomic E-state index is -0.429. The molecule has 0 fully saturated rings. The maximum atomic E-state index is 12.4. The molecule has 7 heteroatoms. The Labute approximate surface area is 170 Å². The minimum Gasteiger partial charge on any atom is -0.451 e. The second-order valence-corrected chi connectivity index (χ2v) is 9.80. The number of hydrogen-bond acceptors (Lipinski definition) is 5. The Kier molecular flexibility index (Phi) is 5.66. The molecule has 6 nitrogen and oxygen atoms in total. The highest BCUT2D eigenvalue weighted by atomic mass is 32.1. The molecule has 0 radical (unpaired) electrons. The van der Waals surface area contributed by atoms with Crippen molar-refractivity contribution in [3.63, 3.8) is 0 Å². The molecule has 0 aliphatic heterocycles. The largest absolute Gasteiger partial charge is 0.451 e. The molecule has 1 aliphatic rings. The summed E-state index contributed by atoms with van der Waals surface area (Å²) in [4.78, 5) is 26.5. The van der Waals surface area contributed by atoms with Gasteiger partial charge in [-0.3, -0.25) is 9.48 Å². The number of hydrogen-bond donors (Lipinski definition) is 1. The van der Waals surface area contributed by atoms with Crippen LogP contribution in [0.2, 0.25) is 0 Å². The average molecular weight is 404 g/mol. The van der Waals surface area contributed by atoms with Crippen molar-refractivity contribution in [3.05, 3.63) is 32.8 Å². The van der Waals surface area contributed by atoms with Crippen LogP contribution in [0, 0.1) is 25.2 Å². The van der Waals surface area contributed by atoms with E-state index in [9.17, 15) is 9.59 Å². The summed E-state index contributed by atoms with van der Waals surface area (Å²) in [5.74, 6) is -0.168. The van der Waals surface area contributed by atoms with Crippen molar-refractivity contribution in [2.24, 2.45) is 18.4 Å². The number of thiophene rings is 1. The highest BCUT2D eigenvalue weighted by Gasteiger charge is 2.30. The number of ether oxygens (including phenoxy) is 1. The number of aryl methyl sites for hydroxylation is 3. The predicted octanol–water partition coefficient (Wildman–Crippen LogP) is 4.04. The first-order valence-electron chi connectivity index (χ1n) is 9.65. The zero-order valence-electron chi connectivity index (χ0n) is 17.5. The van der Waals surface area contributed by atoms with Gasteiger partial charge in [0, 0.05) is 11.9 Å². The molecule has 3 rings (SSSR count). The quantitative estimate of drug-likeness (QED) is 0.782. The van der Waals surface area contributed by atoms with Crippen molar-refractivity contribution < 1.29 is 14.3 Å². The molecule has 0 bridgehead atoms. The number of rotatable bonds is 4. The Balaban J connectivity index is 1.59. The molecule has 28 heavy (non-hydrogen) atoms. The standard InChI is InChI=1S/C21H29N3O3S/c1-12-19(13(2)24(6)23-12)22-18(25)11-27-20(26)17-10-14-9-15(21(3,4)5)7-8-16(14)28-17/h10,15H,7-9,11H2,1-6H3,(H,22,25)/t15-/m1/s1. The van der Waals surface area contributed by atoms with Crippen LogP contribution in [0.4, 0.5) is 5.69 Å². The average Bonchev–Trinajstić information content (AvgIpc) is 3.15. The fourth-order valence-corrected chi connectivity index (χ4v) is 4.80. The normalized spacial score (nSPS) is 16.6. The Bertz CT molecular complexity index is 905. The van der Waals surface area contributed by atoms with E-state index in [1.165, 1.54) is 21.8 Å². The van der Waals surface area contributed by atoms with Gasteiger partial charge in [-0.2, -0.15) is 5.10 Å². The molecule has 1 N–H and O–H groups in total. The van der Waals surface area contributed by atoms with Crippen LogP contribution in [0.3, 0.4) is 0 Å². The van der Waals surface area contributed by atoms with Gasteiger partial charge in [-0.05, 0) is 56.1 Å². The molecule has 1 aliphatic carbocycles. The fraction of sp³-hybridized carbons (Fsp3) is 0.571. The highest BCUT2D eigenvalue weighted by molar-refractivity contribution is 7.14. The molecule has 2 aromatic heterocycles. The highest BCUT2D eigenvalue weighted by Crippen LogP contribution is 2.40. The zero-order valence-corrected chi connectivity index (χ0v) is 18.3. The summed E-state index contributed by atoms with van der Waals surface area (Å²) in [6.45, 7) is 10.2. The zero-order chi connectivity index (χ0) is 20.6. The summed E-state index contributed by atoms with van der Waals surface area (Å²) in [7, 11) is 1.82. The number of nitrogens with one attached hydrogen (secondary N) is 1. The number of aromatic nitrogens is 2. The van der Waals surface area contributed by atoms with Crippen molar-refractivity contribution in [1.29, 1.82) is 0 Å². The number of carbonyl (C=O) groups excluding carboxylic acids is 2. The van der Waals surface area contributed by atoms with E-state index in [-0.39, 0.29) is 17.9 Å². The first-order chi connectivity index (χ1) is 13.1. The second kappa shape index (κ2) is 7.70. The lowest BCUT2D eigenvalue weighted by Crippen LogP contribution is -2.26. The topological polar surface area (TPSA) is 73.2 Å². The number of anilines is 1. The summed E-state index contributed by atoms with van der Waals surface area (Å²) in [6.07, 6.45) is 3.16. The van der Waals surface area contributed by atoms with Gasteiger partial charge in [-0.25, -0.2) is 4.79 Å². The summed E-state index contributed by atoms with van der Waals surface area (Å²) < 4.78 is 6.96. The lowest BCUT2D eigenvalue weighted by atomic mass is 9.72. The molecular weight excluding hydrogens is 374 g/mol. The fourth-order valence-electron chi connectivity index (χ4n) is 3.70. The summed E-state index contributed by atoms with van der Waals surface area (Å²) in [5, 5.41) is 7.04. The molecule has 2 aromatic rings. The number of carbonyl (C=O) groups is 2. The van der Waals surface area contributed by atoms with E-state index in [1.807, 2.05) is 27.0 Å². The number of nitrogens with zero attached hydrogens (tertiary/aromatic N) is 2. The molecular formula is C21H29N3O3S. The van der Waals surface area contributed by atoms with Crippen molar-refractivity contribution in [1.82, 2.24) is 9.78 Å². The van der Waals surface area contributed by atoms with Gasteiger partial charge in [0.1, 0.15) is 4.88 Å². The van der Waals surface area contributed by atoms with E-state index >= 15 is 0 Å². The van der Waals surface area contributed by atoms with Crippen LogP contribution in [0.15, 0.2) is 6.07 Å². The van der Waals surface area contributed by atoms with Gasteiger partial charge in [0.15, 0.2) is 6.61 Å². The van der Waals surface area contributed by atoms with Crippen LogP contribution in [0.1, 0.15) is 58.7 Å². The lowest BCUT2D eigenvalue weighted by molar-refractivity contribution is -0.119. The van der Waals surface area contributed by atoms with Gasteiger partial charge in [0.05, 0.1) is 17.1 Å². The third-order valence-electron chi connectivity index (χ3n) is 5.62. The number of fused-ring (bicyclic) bond motifs is 1. The van der Waals surface area contributed by atoms with Crippen LogP contribution >= 0.6 is 11.3 Å². The van der Waals surface area contributed by atoms with E-state index in [0.717, 1.165) is 30.7 Å². The van der Waals surface area contributed by atoms with Crippen LogP contribution in [-0.4, -0.2) is 28.3 Å². The third kappa shape index (κ3) is 4.29. The van der Waals surface area contributed by atoms with Crippen LogP contribution in [0.5, 0.6) is 0 Å². The SMILES string of the molecule is Cc1nn(C)c(C)c1NC(=O)COC(=O)c1cc2c(s1)CC[C@@H](C(C)(C)C)C2. The molecule has 2 heterocycles. The van der Waals surface area contributed by atoms with E-state index in [1.54, 1.807) is 4.68 Å². The van der Waals surface area contributed by atoms with E-state index in [4.69, 9.17) is 4.74 Å². The van der Waals surface area contributed by atoms with Gasteiger partial charge >= 0.3 is 5.97 Å². The Morgan fingerprint density at radius 2 is 2.07 bits per heavy atom. The van der Waals surface area contributed by atoms with Gasteiger partial charge in [-0.1, -0.05) is 20.8 Å². The minimum absolute atomic E-state index is 0.265. The van der Waals surface area contributed by atoms with Gasteiger partial charge in [0.25, 0.3) is 5.91 Å². The molecule has 0 unspecified atom stereocenters. The molecule has 0 aromatic carbocycles. The van der Waals surface area contributed by atoms with E-state index in [0.29, 0.717) is 16.5 Å². The van der Waals surface area contributed by atoms with Crippen molar-refractivity contribution >= 4 is 28.9 Å². The predicted molar refractivity (Wildman–Crippen MR) is 111 cm³/mol. The van der Waals surface area contributed by atoms with Crippen LogP contribution < -0.4 is 5.32 Å². The molecule has 0 saturated heterocycles. The first-order valence-corrected chi connectivity index (χ1v) is 10.5. The van der Waals surface area contributed by atoms with Crippen molar-refractivity contribution in [3.8, 4) is 0 Å². The molecule has 1 amide bonds. The molecule has 0 spiro atoms. The summed E-state index contributed by atoms with van der Waals surface area (Å²) >= 11 is 1.50. The molecule has 1 atom stereocenters. The van der Waals surface area contributed by atoms with E-state index < -0.39 is 5.97 Å². The number of amides is 1. The maximum absolute atomic E-state index is 12.4. The van der Waals surface area contributed by atoms with Crippen molar-refractivity contribution in [2.75, 3.05) is 11.9 Å². The first kappa shape index (κ1) is 20.6. The van der Waals surface area contributed by atoms with Gasteiger partial charge in [-0.15, -0.1) is 11.3 Å². The third-order valence-corrected chi connectivity index (χ3v) is 6.83. The molecule has 0 saturated carbocycles. The lowest BCUT2D eigenvalue weighted by Gasteiger charge is -2.33. The summed E-state index contributed by atoms with van der Waals surface area (Å²) in [6, 6.07) is 1.95. The smallest absolute Gasteiger partial charge is 0.348 e. The molecule has 152 valence electrons. The van der Waals surface area contributed by atoms with Crippen LogP contribution in [-0.2, 0) is 29.4 Å². The van der Waals surface area contributed by atoms with E-state index in [2.05, 4.69) is 31.2 Å². The Hall–Kier alpha value is -2.15. The van der Waals surface area contributed by atoms with Crippen molar-refractivity contribution in [2.45, 2.75) is 53.9 Å². The van der Waals surface area contributed by atoms with Crippen LogP contribution in [0.25, 0.3) is 0 Å². The van der Waals surface area contributed by atoms with Gasteiger partial charge < -0.3 is 10.1 Å². The van der Waals surface area contributed by atoms with Gasteiger partial charge in [0.2, 0.25) is 0 Å². The second-order valence-electron chi connectivity index (χ2n) is 8.66. The Morgan fingerprint density at radius 1 is 1.36 bits per heavy atom. The monoisotopic (exact) mass is 403 g/mol.